The van der Waals surface area contributed by atoms with E-state index in [-0.39, 0.29) is 24.0 Å². The number of carbonyl (C=O) groups excluding carboxylic acids is 1. The first-order valence-corrected chi connectivity index (χ1v) is 7.45. The Bertz CT molecular complexity index is 515. The van der Waals surface area contributed by atoms with Gasteiger partial charge in [0.1, 0.15) is 0 Å². The Morgan fingerprint density at radius 2 is 2.05 bits per heavy atom. The number of anilines is 1. The minimum Gasteiger partial charge on any atom is -0.481 e. The van der Waals surface area contributed by atoms with E-state index in [1.165, 1.54) is 0 Å². The van der Waals surface area contributed by atoms with Gasteiger partial charge in [0.2, 0.25) is 11.9 Å². The highest BCUT2D eigenvalue weighted by atomic mass is 32.2. The van der Waals surface area contributed by atoms with E-state index in [1.54, 1.807) is 9.47 Å². The van der Waals surface area contributed by atoms with Crippen LogP contribution in [-0.2, 0) is 20.9 Å². The number of rotatable bonds is 6. The summed E-state index contributed by atoms with van der Waals surface area (Å²) >= 11 is 1.03. The maximum absolute atomic E-state index is 12.1. The number of nitrogen functional groups attached to an aromatic ring is 1. The number of carboxylic acid groups (broad SMARTS) is 1. The number of aromatic nitrogens is 3. The number of morpholine rings is 1. The molecule has 21 heavy (non-hydrogen) atoms. The standard InChI is InChI=1S/C11H17N5O4S/c12-10-13-14-11(21-7-9(18)19)16(10)2-1-8(17)15-3-5-20-6-4-15/h1-7H2,(H2,12,13)(H,18,19). The van der Waals surface area contributed by atoms with Crippen molar-refractivity contribution in [2.75, 3.05) is 37.8 Å². The lowest BCUT2D eigenvalue weighted by atomic mass is 10.3. The summed E-state index contributed by atoms with van der Waals surface area (Å²) in [5.41, 5.74) is 5.70. The molecule has 1 aromatic heterocycles. The Kier molecular flexibility index (Phi) is 5.39. The van der Waals surface area contributed by atoms with E-state index in [9.17, 15) is 9.59 Å². The van der Waals surface area contributed by atoms with Crippen LogP contribution in [0.1, 0.15) is 6.42 Å². The van der Waals surface area contributed by atoms with Crippen molar-refractivity contribution in [3.63, 3.8) is 0 Å². The van der Waals surface area contributed by atoms with Gasteiger partial charge in [-0.25, -0.2) is 0 Å². The van der Waals surface area contributed by atoms with E-state index in [2.05, 4.69) is 10.2 Å². The number of hydrogen-bond acceptors (Lipinski definition) is 7. The number of amides is 1. The molecule has 1 saturated heterocycles. The van der Waals surface area contributed by atoms with Crippen LogP contribution in [-0.4, -0.2) is 68.7 Å². The van der Waals surface area contributed by atoms with Gasteiger partial charge in [0.05, 0.1) is 19.0 Å². The third-order valence-electron chi connectivity index (χ3n) is 2.98. The molecule has 0 aliphatic carbocycles. The first-order chi connectivity index (χ1) is 10.1. The molecule has 2 rings (SSSR count). The van der Waals surface area contributed by atoms with Crippen molar-refractivity contribution in [2.45, 2.75) is 18.1 Å². The van der Waals surface area contributed by atoms with E-state index in [4.69, 9.17) is 15.6 Å². The summed E-state index contributed by atoms with van der Waals surface area (Å²) in [7, 11) is 0. The SMILES string of the molecule is Nc1nnc(SCC(=O)O)n1CCC(=O)N1CCOCC1. The molecule has 0 bridgehead atoms. The number of aliphatic carboxylic acids is 1. The van der Waals surface area contributed by atoms with Gasteiger partial charge in [0.25, 0.3) is 0 Å². The average molecular weight is 315 g/mol. The molecular formula is C11H17N5O4S. The highest BCUT2D eigenvalue weighted by Crippen LogP contribution is 2.18. The zero-order valence-corrected chi connectivity index (χ0v) is 12.2. The molecule has 1 aliphatic rings. The summed E-state index contributed by atoms with van der Waals surface area (Å²) in [5.74, 6) is -0.883. The molecule has 1 aliphatic heterocycles. The molecule has 0 atom stereocenters. The molecule has 0 saturated carbocycles. The topological polar surface area (TPSA) is 124 Å². The van der Waals surface area contributed by atoms with E-state index in [0.29, 0.717) is 38.0 Å². The van der Waals surface area contributed by atoms with Crippen molar-refractivity contribution in [3.8, 4) is 0 Å². The van der Waals surface area contributed by atoms with E-state index in [1.807, 2.05) is 0 Å². The van der Waals surface area contributed by atoms with Crippen LogP contribution in [0.25, 0.3) is 0 Å². The largest absolute Gasteiger partial charge is 0.481 e. The maximum Gasteiger partial charge on any atom is 0.313 e. The second-order valence-electron chi connectivity index (χ2n) is 4.42. The third kappa shape index (κ3) is 4.33. The third-order valence-corrected chi connectivity index (χ3v) is 3.93. The molecule has 0 radical (unpaired) electrons. The quantitative estimate of drug-likeness (QED) is 0.660. The van der Waals surface area contributed by atoms with Crippen LogP contribution in [0.5, 0.6) is 0 Å². The van der Waals surface area contributed by atoms with Crippen molar-refractivity contribution in [1.82, 2.24) is 19.7 Å². The summed E-state index contributed by atoms with van der Waals surface area (Å²) in [6, 6.07) is 0. The average Bonchev–Trinajstić information content (AvgIpc) is 2.84. The zero-order valence-electron chi connectivity index (χ0n) is 11.4. The molecule has 10 heteroatoms. The fourth-order valence-electron chi connectivity index (χ4n) is 1.92. The zero-order chi connectivity index (χ0) is 15.2. The Labute approximate surface area is 125 Å². The first kappa shape index (κ1) is 15.6. The summed E-state index contributed by atoms with van der Waals surface area (Å²) in [4.78, 5) is 24.4. The number of ether oxygens (including phenoxy) is 1. The fraction of sp³-hybridized carbons (Fsp3) is 0.636. The summed E-state index contributed by atoms with van der Waals surface area (Å²) in [5, 5.41) is 16.6. The van der Waals surface area contributed by atoms with Gasteiger partial charge in [-0.15, -0.1) is 10.2 Å². The molecule has 9 nitrogen and oxygen atoms in total. The van der Waals surface area contributed by atoms with Crippen LogP contribution in [0.3, 0.4) is 0 Å². The van der Waals surface area contributed by atoms with Gasteiger partial charge >= 0.3 is 5.97 Å². The molecular weight excluding hydrogens is 298 g/mol. The monoisotopic (exact) mass is 315 g/mol. The van der Waals surface area contributed by atoms with Crippen LogP contribution in [0.2, 0.25) is 0 Å². The Morgan fingerprint density at radius 1 is 1.33 bits per heavy atom. The lowest BCUT2D eigenvalue weighted by Crippen LogP contribution is -2.41. The molecule has 116 valence electrons. The Balaban J connectivity index is 1.91. The lowest BCUT2D eigenvalue weighted by Gasteiger charge is -2.27. The smallest absolute Gasteiger partial charge is 0.313 e. The molecule has 3 N–H and O–H groups in total. The maximum atomic E-state index is 12.1. The van der Waals surface area contributed by atoms with Gasteiger partial charge in [-0.3, -0.25) is 14.2 Å². The Hall–Kier alpha value is -1.81. The number of nitrogens with two attached hydrogens (primary N) is 1. The van der Waals surface area contributed by atoms with Gasteiger partial charge in [0.15, 0.2) is 5.16 Å². The number of thioether (sulfide) groups is 1. The fourth-order valence-corrected chi connectivity index (χ4v) is 2.61. The molecule has 0 spiro atoms. The van der Waals surface area contributed by atoms with Crippen molar-refractivity contribution in [1.29, 1.82) is 0 Å². The van der Waals surface area contributed by atoms with Gasteiger partial charge in [0, 0.05) is 26.1 Å². The number of hydrogen-bond donors (Lipinski definition) is 2. The van der Waals surface area contributed by atoms with Gasteiger partial charge < -0.3 is 20.5 Å². The second-order valence-corrected chi connectivity index (χ2v) is 5.36. The number of carbonyl (C=O) groups is 2. The van der Waals surface area contributed by atoms with Crippen molar-refractivity contribution in [3.05, 3.63) is 0 Å². The highest BCUT2D eigenvalue weighted by molar-refractivity contribution is 7.99. The summed E-state index contributed by atoms with van der Waals surface area (Å²) in [6.07, 6.45) is 0.267. The molecule has 2 heterocycles. The molecule has 0 unspecified atom stereocenters. The van der Waals surface area contributed by atoms with Crippen LogP contribution in [0, 0.1) is 0 Å². The van der Waals surface area contributed by atoms with E-state index >= 15 is 0 Å². The van der Waals surface area contributed by atoms with Crippen LogP contribution >= 0.6 is 11.8 Å². The van der Waals surface area contributed by atoms with Crippen LogP contribution in [0.4, 0.5) is 5.95 Å². The van der Waals surface area contributed by atoms with Gasteiger partial charge in [-0.05, 0) is 0 Å². The minimum absolute atomic E-state index is 0.0144. The van der Waals surface area contributed by atoms with Crippen molar-refractivity contribution >= 4 is 29.6 Å². The van der Waals surface area contributed by atoms with Gasteiger partial charge in [-0.1, -0.05) is 11.8 Å². The van der Waals surface area contributed by atoms with Crippen molar-refractivity contribution in [2.24, 2.45) is 0 Å². The molecule has 1 fully saturated rings. The summed E-state index contributed by atoms with van der Waals surface area (Å²) in [6.45, 7) is 2.63. The Morgan fingerprint density at radius 3 is 2.71 bits per heavy atom. The van der Waals surface area contributed by atoms with Crippen LogP contribution in [0.15, 0.2) is 5.16 Å². The molecule has 1 amide bonds. The first-order valence-electron chi connectivity index (χ1n) is 6.46. The van der Waals surface area contributed by atoms with Crippen molar-refractivity contribution < 1.29 is 19.4 Å². The number of carboxylic acids is 1. The second kappa shape index (κ2) is 7.27. The predicted molar refractivity (Wildman–Crippen MR) is 74.8 cm³/mol. The van der Waals surface area contributed by atoms with E-state index in [0.717, 1.165) is 11.8 Å². The molecule has 0 aromatic carbocycles. The minimum atomic E-state index is -0.947. The van der Waals surface area contributed by atoms with E-state index < -0.39 is 5.97 Å². The summed E-state index contributed by atoms with van der Waals surface area (Å²) < 4.78 is 6.76. The lowest BCUT2D eigenvalue weighted by molar-refractivity contribution is -0.135. The van der Waals surface area contributed by atoms with Crippen LogP contribution < -0.4 is 5.73 Å². The predicted octanol–water partition coefficient (Wildman–Crippen LogP) is -0.714. The highest BCUT2D eigenvalue weighted by Gasteiger charge is 2.18. The molecule has 1 aromatic rings. The number of nitrogens with zero attached hydrogens (tertiary/aromatic N) is 4. The normalized spacial score (nSPS) is 15.1. The van der Waals surface area contributed by atoms with Gasteiger partial charge in [-0.2, -0.15) is 0 Å².